The zero-order valence-corrected chi connectivity index (χ0v) is 7.02. The van der Waals surface area contributed by atoms with Crippen LogP contribution in [0.25, 0.3) is 0 Å². The molecule has 0 atom stereocenters. The van der Waals surface area contributed by atoms with Crippen LogP contribution in [-0.4, -0.2) is 0 Å². The summed E-state index contributed by atoms with van der Waals surface area (Å²) >= 11 is 7.33. The molecule has 8 heavy (non-hydrogen) atoms. The van der Waals surface area contributed by atoms with Crippen LogP contribution >= 0.6 is 0 Å². The molecule has 0 nitrogen and oxygen atoms in total. The molecule has 0 radical (unpaired) electrons. The molecule has 0 bridgehead atoms. The summed E-state index contributed by atoms with van der Waals surface area (Å²) in [6.45, 7) is 4.64. The standard InChI is InChI=1S/C6H12.S2/c1-5-3-6(2)4-5;1-2/h5-6H,3-4H2,1-2H3;. The van der Waals surface area contributed by atoms with E-state index in [0.29, 0.717) is 0 Å². The molecule has 0 spiro atoms. The molecule has 0 N–H and O–H groups in total. The van der Waals surface area contributed by atoms with Crippen LogP contribution in [0.3, 0.4) is 0 Å². The van der Waals surface area contributed by atoms with Crippen molar-refractivity contribution in [3.05, 3.63) is 0 Å². The van der Waals surface area contributed by atoms with Crippen LogP contribution < -0.4 is 0 Å². The molecule has 1 aliphatic carbocycles. The van der Waals surface area contributed by atoms with Crippen molar-refractivity contribution < 1.29 is 0 Å². The Morgan fingerprint density at radius 3 is 1.25 bits per heavy atom. The molecule has 0 saturated heterocycles. The van der Waals surface area contributed by atoms with E-state index >= 15 is 0 Å². The minimum absolute atomic E-state index is 1.04. The minimum Gasteiger partial charge on any atom is -0.0625 e. The Hall–Kier alpha value is 0.440. The highest BCUT2D eigenvalue weighted by atomic mass is 32.8. The monoisotopic (exact) mass is 148 g/mol. The van der Waals surface area contributed by atoms with Crippen LogP contribution in [0.4, 0.5) is 0 Å². The molecule has 1 rings (SSSR count). The van der Waals surface area contributed by atoms with E-state index in [-0.39, 0.29) is 0 Å². The third-order valence-electron chi connectivity index (χ3n) is 1.61. The first-order valence-electron chi connectivity index (χ1n) is 2.95. The SMILES string of the molecule is CC1CC(C)C1.S=S. The van der Waals surface area contributed by atoms with Crippen LogP contribution in [-0.2, 0) is 22.4 Å². The molecule has 0 aromatic rings. The Morgan fingerprint density at radius 1 is 1.00 bits per heavy atom. The molecule has 0 aliphatic heterocycles. The first-order valence-corrected chi connectivity index (χ1v) is 4.29. The van der Waals surface area contributed by atoms with E-state index in [9.17, 15) is 0 Å². The summed E-state index contributed by atoms with van der Waals surface area (Å²) in [6, 6.07) is 0. The highest BCUT2D eigenvalue weighted by Gasteiger charge is 2.19. The Kier molecular flexibility index (Phi) is 4.57. The van der Waals surface area contributed by atoms with Crippen molar-refractivity contribution in [3.63, 3.8) is 0 Å². The molecule has 2 heteroatoms. The van der Waals surface area contributed by atoms with Gasteiger partial charge in [-0.15, -0.1) is 0 Å². The van der Waals surface area contributed by atoms with Gasteiger partial charge in [-0.3, -0.25) is 0 Å². The number of hydrogen-bond acceptors (Lipinski definition) is 2. The maximum Gasteiger partial charge on any atom is 0 e. The Morgan fingerprint density at radius 2 is 1.25 bits per heavy atom. The zero-order valence-electron chi connectivity index (χ0n) is 5.39. The normalized spacial score (nSPS) is 34.2. The smallest absolute Gasteiger partial charge is 0 e. The van der Waals surface area contributed by atoms with Gasteiger partial charge < -0.3 is 0 Å². The largest absolute Gasteiger partial charge is 0.0625 e. The molecule has 0 amide bonds. The van der Waals surface area contributed by atoms with Crippen LogP contribution in [0.5, 0.6) is 0 Å². The van der Waals surface area contributed by atoms with Crippen molar-refractivity contribution >= 4 is 22.4 Å². The Labute approximate surface area is 61.3 Å². The van der Waals surface area contributed by atoms with Crippen molar-refractivity contribution in [1.82, 2.24) is 0 Å². The van der Waals surface area contributed by atoms with Crippen molar-refractivity contribution in [3.8, 4) is 0 Å². The highest BCUT2D eigenvalue weighted by molar-refractivity contribution is 8.07. The fraction of sp³-hybridized carbons (Fsp3) is 1.00. The quantitative estimate of drug-likeness (QED) is 0.515. The van der Waals surface area contributed by atoms with Gasteiger partial charge in [0.15, 0.2) is 0 Å². The summed E-state index contributed by atoms with van der Waals surface area (Å²) in [4.78, 5) is 0. The summed E-state index contributed by atoms with van der Waals surface area (Å²) in [5.74, 6) is 2.08. The maximum absolute atomic E-state index is 3.67. The lowest BCUT2D eigenvalue weighted by Crippen LogP contribution is -2.16. The van der Waals surface area contributed by atoms with Gasteiger partial charge in [0.05, 0.1) is 0 Å². The van der Waals surface area contributed by atoms with Crippen LogP contribution in [0.1, 0.15) is 26.7 Å². The van der Waals surface area contributed by atoms with Gasteiger partial charge >= 0.3 is 0 Å². The van der Waals surface area contributed by atoms with Crippen LogP contribution in [0, 0.1) is 11.8 Å². The summed E-state index contributed by atoms with van der Waals surface area (Å²) < 4.78 is 0. The van der Waals surface area contributed by atoms with Crippen molar-refractivity contribution in [1.29, 1.82) is 0 Å². The van der Waals surface area contributed by atoms with E-state index < -0.39 is 0 Å². The molecule has 1 fully saturated rings. The van der Waals surface area contributed by atoms with Gasteiger partial charge in [-0.25, -0.2) is 0 Å². The van der Waals surface area contributed by atoms with E-state index in [1.165, 1.54) is 12.8 Å². The van der Waals surface area contributed by atoms with Gasteiger partial charge in [0.1, 0.15) is 0 Å². The molecule has 0 aromatic carbocycles. The van der Waals surface area contributed by atoms with E-state index in [0.717, 1.165) is 11.8 Å². The third-order valence-corrected chi connectivity index (χ3v) is 1.61. The second-order valence-corrected chi connectivity index (χ2v) is 2.68. The fourth-order valence-corrected chi connectivity index (χ4v) is 1.30. The van der Waals surface area contributed by atoms with Crippen molar-refractivity contribution in [2.24, 2.45) is 11.8 Å². The Bertz CT molecular complexity index is 51.5. The fourth-order valence-electron chi connectivity index (χ4n) is 1.30. The molecule has 0 aromatic heterocycles. The molecule has 1 saturated carbocycles. The average Bonchev–Trinajstić information content (AvgIpc) is 1.70. The van der Waals surface area contributed by atoms with Crippen LogP contribution in [0.15, 0.2) is 0 Å². The highest BCUT2D eigenvalue weighted by Crippen LogP contribution is 2.31. The van der Waals surface area contributed by atoms with Crippen LogP contribution in [0.2, 0.25) is 0 Å². The summed E-state index contributed by atoms with van der Waals surface area (Å²) in [5.41, 5.74) is 0. The lowest BCUT2D eigenvalue weighted by Gasteiger charge is -2.28. The molecule has 48 valence electrons. The molecular weight excluding hydrogens is 136 g/mol. The number of hydrogen-bond donors (Lipinski definition) is 0. The summed E-state index contributed by atoms with van der Waals surface area (Å²) in [5, 5.41) is 0. The van der Waals surface area contributed by atoms with Gasteiger partial charge in [0.2, 0.25) is 0 Å². The van der Waals surface area contributed by atoms with Crippen molar-refractivity contribution in [2.45, 2.75) is 26.7 Å². The van der Waals surface area contributed by atoms with E-state index in [2.05, 4.69) is 36.2 Å². The van der Waals surface area contributed by atoms with Gasteiger partial charge in [-0.1, -0.05) is 13.8 Å². The first-order chi connectivity index (χ1) is 3.79. The second kappa shape index (κ2) is 4.33. The Balaban J connectivity index is 0.000000222. The molecule has 1 aliphatic rings. The zero-order chi connectivity index (χ0) is 6.57. The third kappa shape index (κ3) is 2.68. The van der Waals surface area contributed by atoms with Gasteiger partial charge in [0.25, 0.3) is 0 Å². The number of rotatable bonds is 0. The van der Waals surface area contributed by atoms with E-state index in [1.807, 2.05) is 0 Å². The van der Waals surface area contributed by atoms with Crippen molar-refractivity contribution in [2.75, 3.05) is 0 Å². The summed E-state index contributed by atoms with van der Waals surface area (Å²) in [7, 11) is 0. The van der Waals surface area contributed by atoms with Gasteiger partial charge in [-0.2, -0.15) is 0 Å². The molecule has 0 heterocycles. The lowest BCUT2D eigenvalue weighted by molar-refractivity contribution is 0.233. The molecular formula is C6H12S2. The predicted molar refractivity (Wildman–Crippen MR) is 42.3 cm³/mol. The lowest BCUT2D eigenvalue weighted by atomic mass is 9.78. The topological polar surface area (TPSA) is 0 Å². The van der Waals surface area contributed by atoms with Gasteiger partial charge in [-0.05, 0) is 24.7 Å². The average molecular weight is 148 g/mol. The second-order valence-electron chi connectivity index (χ2n) is 2.68. The maximum atomic E-state index is 3.67. The molecule has 0 unspecified atom stereocenters. The summed E-state index contributed by atoms with van der Waals surface area (Å²) in [6.07, 6.45) is 2.94. The van der Waals surface area contributed by atoms with E-state index in [4.69, 9.17) is 0 Å². The predicted octanol–water partition coefficient (Wildman–Crippen LogP) is 2.05. The minimum atomic E-state index is 1.04. The first kappa shape index (κ1) is 8.44. The van der Waals surface area contributed by atoms with E-state index in [1.54, 1.807) is 0 Å². The van der Waals surface area contributed by atoms with Gasteiger partial charge in [0, 0.05) is 22.4 Å².